The summed E-state index contributed by atoms with van der Waals surface area (Å²) >= 11 is 0. The second kappa shape index (κ2) is 5.99. The molecule has 4 saturated carbocycles. The van der Waals surface area contributed by atoms with Crippen LogP contribution in [0.2, 0.25) is 0 Å². The second-order valence-corrected chi connectivity index (χ2v) is 10.4. The van der Waals surface area contributed by atoms with Gasteiger partial charge in [0.05, 0.1) is 5.41 Å². The molecule has 0 N–H and O–H groups in total. The molecule has 5 fully saturated rings. The Hall–Kier alpha value is -1.06. The van der Waals surface area contributed by atoms with Crippen molar-refractivity contribution >= 4 is 11.8 Å². The maximum atomic E-state index is 13.5. The fraction of sp³-hybridized carbons (Fsp3) is 0.905. The quantitative estimate of drug-likeness (QED) is 0.731. The van der Waals surface area contributed by atoms with Crippen molar-refractivity contribution in [2.24, 2.45) is 28.6 Å². The molecule has 0 atom stereocenters. The van der Waals surface area contributed by atoms with Crippen LogP contribution in [0.5, 0.6) is 0 Å². The molecule has 4 nitrogen and oxygen atoms in total. The summed E-state index contributed by atoms with van der Waals surface area (Å²) in [5, 5.41) is 0. The Morgan fingerprint density at radius 3 is 1.80 bits per heavy atom. The van der Waals surface area contributed by atoms with Gasteiger partial charge in [0.1, 0.15) is 0 Å². The van der Waals surface area contributed by atoms with Crippen LogP contribution in [0.25, 0.3) is 0 Å². The number of rotatable bonds is 1. The first-order chi connectivity index (χ1) is 11.8. The van der Waals surface area contributed by atoms with Gasteiger partial charge in [-0.2, -0.15) is 0 Å². The zero-order valence-corrected chi connectivity index (χ0v) is 16.2. The van der Waals surface area contributed by atoms with Gasteiger partial charge in [0.25, 0.3) is 0 Å². The highest BCUT2D eigenvalue weighted by Crippen LogP contribution is 2.60. The number of carbonyl (C=O) groups excluding carboxylic acids is 2. The van der Waals surface area contributed by atoms with Crippen LogP contribution in [0.3, 0.4) is 0 Å². The predicted octanol–water partition coefficient (Wildman–Crippen LogP) is 3.31. The summed E-state index contributed by atoms with van der Waals surface area (Å²) in [6.45, 7) is 9.00. The fourth-order valence-electron chi connectivity index (χ4n) is 6.51. The summed E-state index contributed by atoms with van der Waals surface area (Å²) in [5.41, 5.74) is -0.378. The lowest BCUT2D eigenvalue weighted by Gasteiger charge is -2.56. The summed E-state index contributed by atoms with van der Waals surface area (Å²) in [7, 11) is 0. The molecule has 25 heavy (non-hydrogen) atoms. The number of carbonyl (C=O) groups is 2. The van der Waals surface area contributed by atoms with E-state index in [0.29, 0.717) is 12.5 Å². The van der Waals surface area contributed by atoms with Crippen LogP contribution in [0.4, 0.5) is 0 Å². The van der Waals surface area contributed by atoms with Crippen LogP contribution in [-0.4, -0.2) is 47.8 Å². The van der Waals surface area contributed by atoms with Gasteiger partial charge in [0.15, 0.2) is 0 Å². The first kappa shape index (κ1) is 17.4. The van der Waals surface area contributed by atoms with Crippen molar-refractivity contribution < 1.29 is 9.59 Å². The van der Waals surface area contributed by atoms with E-state index in [0.717, 1.165) is 63.1 Å². The number of hydrogen-bond donors (Lipinski definition) is 0. The average molecular weight is 347 g/mol. The van der Waals surface area contributed by atoms with Crippen molar-refractivity contribution in [3.05, 3.63) is 0 Å². The summed E-state index contributed by atoms with van der Waals surface area (Å²) in [5.74, 6) is 3.07. The molecule has 140 valence electrons. The SMILES string of the molecule is CC(C)(C)C(=O)N1CCCN(C(=O)C23CC4CC(CC(C4)C2)C3)CC1. The molecule has 5 rings (SSSR count). The van der Waals surface area contributed by atoms with Gasteiger partial charge in [0.2, 0.25) is 11.8 Å². The molecule has 0 aromatic carbocycles. The minimum atomic E-state index is -0.334. The van der Waals surface area contributed by atoms with Crippen LogP contribution < -0.4 is 0 Å². The van der Waals surface area contributed by atoms with Gasteiger partial charge >= 0.3 is 0 Å². The third-order valence-corrected chi connectivity index (χ3v) is 7.20. The Morgan fingerprint density at radius 1 is 0.800 bits per heavy atom. The molecule has 2 amide bonds. The van der Waals surface area contributed by atoms with Crippen molar-refractivity contribution in [1.29, 1.82) is 0 Å². The zero-order valence-electron chi connectivity index (χ0n) is 16.2. The molecule has 1 saturated heterocycles. The third-order valence-electron chi connectivity index (χ3n) is 7.20. The number of hydrogen-bond acceptors (Lipinski definition) is 2. The predicted molar refractivity (Wildman–Crippen MR) is 97.8 cm³/mol. The molecule has 4 aliphatic carbocycles. The van der Waals surface area contributed by atoms with Gasteiger partial charge in [0, 0.05) is 31.6 Å². The highest BCUT2D eigenvalue weighted by Gasteiger charge is 2.55. The van der Waals surface area contributed by atoms with Gasteiger partial charge in [-0.05, 0) is 62.7 Å². The molecule has 0 aromatic heterocycles. The first-order valence-corrected chi connectivity index (χ1v) is 10.4. The van der Waals surface area contributed by atoms with Crippen LogP contribution in [-0.2, 0) is 9.59 Å². The fourth-order valence-corrected chi connectivity index (χ4v) is 6.51. The van der Waals surface area contributed by atoms with Crippen LogP contribution in [0, 0.1) is 28.6 Å². The van der Waals surface area contributed by atoms with Gasteiger partial charge in [-0.3, -0.25) is 9.59 Å². The minimum absolute atomic E-state index is 0.0437. The summed E-state index contributed by atoms with van der Waals surface area (Å²) in [6.07, 6.45) is 8.46. The second-order valence-electron chi connectivity index (χ2n) is 10.4. The highest BCUT2D eigenvalue weighted by molar-refractivity contribution is 5.84. The monoisotopic (exact) mass is 346 g/mol. The number of nitrogens with zero attached hydrogens (tertiary/aromatic N) is 2. The van der Waals surface area contributed by atoms with E-state index in [1.54, 1.807) is 0 Å². The largest absolute Gasteiger partial charge is 0.340 e. The Bertz CT molecular complexity index is 527. The lowest BCUT2D eigenvalue weighted by molar-refractivity contribution is -0.157. The van der Waals surface area contributed by atoms with Gasteiger partial charge in [-0.15, -0.1) is 0 Å². The van der Waals surface area contributed by atoms with E-state index in [4.69, 9.17) is 0 Å². The maximum Gasteiger partial charge on any atom is 0.228 e. The lowest BCUT2D eigenvalue weighted by Crippen LogP contribution is -2.55. The Labute approximate surface area is 152 Å². The van der Waals surface area contributed by atoms with Crippen molar-refractivity contribution in [3.8, 4) is 0 Å². The Morgan fingerprint density at radius 2 is 1.28 bits per heavy atom. The molecule has 0 unspecified atom stereocenters. The first-order valence-electron chi connectivity index (χ1n) is 10.4. The van der Waals surface area contributed by atoms with E-state index in [1.807, 2.05) is 25.7 Å². The molecule has 0 aromatic rings. The molecule has 0 radical (unpaired) electrons. The molecule has 1 aliphatic heterocycles. The molecular weight excluding hydrogens is 312 g/mol. The molecule has 5 aliphatic rings. The van der Waals surface area contributed by atoms with E-state index in [-0.39, 0.29) is 16.7 Å². The van der Waals surface area contributed by atoms with E-state index in [1.165, 1.54) is 19.3 Å². The Balaban J connectivity index is 1.44. The molecular formula is C21H34N2O2. The third kappa shape index (κ3) is 3.10. The van der Waals surface area contributed by atoms with Crippen LogP contribution >= 0.6 is 0 Å². The molecule has 0 spiro atoms. The van der Waals surface area contributed by atoms with E-state index in [9.17, 15) is 9.59 Å². The van der Waals surface area contributed by atoms with Crippen molar-refractivity contribution in [2.45, 2.75) is 65.7 Å². The summed E-state index contributed by atoms with van der Waals surface area (Å²) in [4.78, 5) is 30.2. The van der Waals surface area contributed by atoms with Crippen molar-refractivity contribution in [3.63, 3.8) is 0 Å². The van der Waals surface area contributed by atoms with Crippen molar-refractivity contribution in [2.75, 3.05) is 26.2 Å². The smallest absolute Gasteiger partial charge is 0.228 e. The standard InChI is InChI=1S/C21H34N2O2/c1-20(2,3)18(24)22-5-4-6-23(8-7-22)19(25)21-12-15-9-16(13-21)11-17(10-15)14-21/h15-17H,4-14H2,1-3H3. The maximum absolute atomic E-state index is 13.5. The topological polar surface area (TPSA) is 40.6 Å². The highest BCUT2D eigenvalue weighted by atomic mass is 16.2. The van der Waals surface area contributed by atoms with Crippen LogP contribution in [0.15, 0.2) is 0 Å². The van der Waals surface area contributed by atoms with Gasteiger partial charge in [-0.25, -0.2) is 0 Å². The average Bonchev–Trinajstić information content (AvgIpc) is 2.77. The normalized spacial score (nSPS) is 38.0. The lowest BCUT2D eigenvalue weighted by atomic mass is 9.49. The van der Waals surface area contributed by atoms with E-state index in [2.05, 4.69) is 4.90 Å². The summed E-state index contributed by atoms with van der Waals surface area (Å²) < 4.78 is 0. The van der Waals surface area contributed by atoms with Gasteiger partial charge in [-0.1, -0.05) is 20.8 Å². The van der Waals surface area contributed by atoms with Crippen molar-refractivity contribution in [1.82, 2.24) is 9.80 Å². The van der Waals surface area contributed by atoms with E-state index < -0.39 is 0 Å². The van der Waals surface area contributed by atoms with Gasteiger partial charge < -0.3 is 9.80 Å². The van der Waals surface area contributed by atoms with Crippen LogP contribution in [0.1, 0.15) is 65.7 Å². The Kier molecular flexibility index (Phi) is 4.16. The molecule has 4 bridgehead atoms. The zero-order chi connectivity index (χ0) is 17.8. The molecule has 1 heterocycles. The number of amides is 2. The minimum Gasteiger partial charge on any atom is -0.340 e. The van der Waals surface area contributed by atoms with E-state index >= 15 is 0 Å². The molecule has 4 heteroatoms. The summed E-state index contributed by atoms with van der Waals surface area (Å²) in [6, 6.07) is 0.